The predicted molar refractivity (Wildman–Crippen MR) is 133 cm³/mol. The summed E-state index contributed by atoms with van der Waals surface area (Å²) in [5.41, 5.74) is 4.00. The van der Waals surface area contributed by atoms with Crippen molar-refractivity contribution in [2.75, 3.05) is 13.2 Å². The van der Waals surface area contributed by atoms with E-state index in [0.29, 0.717) is 19.4 Å². The molecule has 1 heterocycles. The second-order valence-electron chi connectivity index (χ2n) is 10.7. The largest absolute Gasteiger partial charge is 0.481 e. The maximum absolute atomic E-state index is 13.5. The fraction of sp³-hybridized carbons (Fsp3) is 0.464. The molecule has 0 radical (unpaired) electrons. The lowest BCUT2D eigenvalue weighted by Gasteiger charge is -2.41. The normalized spacial score (nSPS) is 20.5. The van der Waals surface area contributed by atoms with Gasteiger partial charge in [-0.25, -0.2) is 4.79 Å². The SMILES string of the molecule is CC1CC(C(=O)O)CCN1C(=O)[C@@H](NC(=O)OCC1c2ccccc2-c2ccccc21)C(C)(C)C. The molecule has 7 heteroatoms. The van der Waals surface area contributed by atoms with Gasteiger partial charge in [-0.1, -0.05) is 69.3 Å². The average Bonchev–Trinajstić information content (AvgIpc) is 3.13. The van der Waals surface area contributed by atoms with Crippen molar-refractivity contribution >= 4 is 18.0 Å². The molecule has 1 saturated heterocycles. The summed E-state index contributed by atoms with van der Waals surface area (Å²) in [7, 11) is 0. The summed E-state index contributed by atoms with van der Waals surface area (Å²) in [4.78, 5) is 39.4. The Morgan fingerprint density at radius 2 is 1.63 bits per heavy atom. The molecule has 2 aromatic carbocycles. The van der Waals surface area contributed by atoms with Gasteiger partial charge in [0.1, 0.15) is 12.6 Å². The van der Waals surface area contributed by atoms with Gasteiger partial charge < -0.3 is 20.1 Å². The van der Waals surface area contributed by atoms with Crippen LogP contribution in [0.2, 0.25) is 0 Å². The summed E-state index contributed by atoms with van der Waals surface area (Å²) in [5.74, 6) is -1.54. The van der Waals surface area contributed by atoms with E-state index < -0.39 is 29.4 Å². The molecule has 2 aromatic rings. The molecule has 7 nitrogen and oxygen atoms in total. The third kappa shape index (κ3) is 5.04. The lowest BCUT2D eigenvalue weighted by Crippen LogP contribution is -2.58. The second-order valence-corrected chi connectivity index (χ2v) is 10.7. The maximum atomic E-state index is 13.5. The number of benzene rings is 2. The summed E-state index contributed by atoms with van der Waals surface area (Å²) < 4.78 is 5.68. The lowest BCUT2D eigenvalue weighted by atomic mass is 9.84. The topological polar surface area (TPSA) is 95.9 Å². The molecule has 4 rings (SSSR count). The number of nitrogens with zero attached hydrogens (tertiary/aromatic N) is 1. The predicted octanol–water partition coefficient (Wildman–Crippen LogP) is 4.65. The van der Waals surface area contributed by atoms with Crippen molar-refractivity contribution < 1.29 is 24.2 Å². The van der Waals surface area contributed by atoms with Gasteiger partial charge in [0, 0.05) is 18.5 Å². The van der Waals surface area contributed by atoms with Crippen LogP contribution in [0.25, 0.3) is 11.1 Å². The van der Waals surface area contributed by atoms with Crippen LogP contribution in [0, 0.1) is 11.3 Å². The van der Waals surface area contributed by atoms with E-state index in [1.54, 1.807) is 4.90 Å². The quantitative estimate of drug-likeness (QED) is 0.652. The van der Waals surface area contributed by atoms with E-state index in [-0.39, 0.29) is 24.5 Å². The fourth-order valence-electron chi connectivity index (χ4n) is 5.30. The Bertz CT molecular complexity index is 1080. The van der Waals surface area contributed by atoms with E-state index >= 15 is 0 Å². The number of fused-ring (bicyclic) bond motifs is 3. The first-order chi connectivity index (χ1) is 16.6. The molecule has 3 atom stereocenters. The van der Waals surface area contributed by atoms with Crippen LogP contribution in [0.5, 0.6) is 0 Å². The molecule has 35 heavy (non-hydrogen) atoms. The highest BCUT2D eigenvalue weighted by atomic mass is 16.5. The Morgan fingerprint density at radius 1 is 1.06 bits per heavy atom. The molecule has 0 aromatic heterocycles. The highest BCUT2D eigenvalue weighted by Gasteiger charge is 2.40. The van der Waals surface area contributed by atoms with Crippen molar-refractivity contribution in [1.82, 2.24) is 10.2 Å². The summed E-state index contributed by atoms with van der Waals surface area (Å²) in [6, 6.07) is 15.3. The van der Waals surface area contributed by atoms with Crippen LogP contribution in [0.4, 0.5) is 4.79 Å². The third-order valence-corrected chi connectivity index (χ3v) is 7.23. The minimum absolute atomic E-state index is 0.0630. The van der Waals surface area contributed by atoms with Gasteiger partial charge in [0.05, 0.1) is 5.92 Å². The van der Waals surface area contributed by atoms with Crippen LogP contribution in [-0.4, -0.2) is 53.2 Å². The minimum Gasteiger partial charge on any atom is -0.481 e. The highest BCUT2D eigenvalue weighted by Crippen LogP contribution is 2.44. The number of likely N-dealkylation sites (tertiary alicyclic amines) is 1. The fourth-order valence-corrected chi connectivity index (χ4v) is 5.30. The van der Waals surface area contributed by atoms with Gasteiger partial charge in [0.15, 0.2) is 0 Å². The molecule has 0 saturated carbocycles. The number of piperidine rings is 1. The van der Waals surface area contributed by atoms with Gasteiger partial charge in [-0.2, -0.15) is 0 Å². The van der Waals surface area contributed by atoms with E-state index in [9.17, 15) is 19.5 Å². The molecular weight excluding hydrogens is 444 g/mol. The molecular formula is C28H34N2O5. The average molecular weight is 479 g/mol. The Balaban J connectivity index is 1.44. The maximum Gasteiger partial charge on any atom is 0.407 e. The van der Waals surface area contributed by atoms with Gasteiger partial charge in [-0.05, 0) is 47.4 Å². The van der Waals surface area contributed by atoms with Crippen molar-refractivity contribution in [3.8, 4) is 11.1 Å². The van der Waals surface area contributed by atoms with Crippen molar-refractivity contribution in [2.24, 2.45) is 11.3 Å². The Labute approximate surface area is 206 Å². The summed E-state index contributed by atoms with van der Waals surface area (Å²) in [6.45, 7) is 8.08. The van der Waals surface area contributed by atoms with Crippen LogP contribution in [0.3, 0.4) is 0 Å². The van der Waals surface area contributed by atoms with Gasteiger partial charge in [0.2, 0.25) is 5.91 Å². The van der Waals surface area contributed by atoms with Crippen LogP contribution in [0.1, 0.15) is 57.6 Å². The number of amides is 2. The molecule has 0 spiro atoms. The number of carbonyl (C=O) groups excluding carboxylic acids is 2. The number of hydrogen-bond acceptors (Lipinski definition) is 4. The molecule has 186 valence electrons. The van der Waals surface area contributed by atoms with Crippen molar-refractivity contribution in [1.29, 1.82) is 0 Å². The first-order valence-electron chi connectivity index (χ1n) is 12.2. The monoisotopic (exact) mass is 478 g/mol. The molecule has 1 aliphatic heterocycles. The van der Waals surface area contributed by atoms with E-state index in [1.807, 2.05) is 52.0 Å². The summed E-state index contributed by atoms with van der Waals surface area (Å²) in [5, 5.41) is 12.1. The van der Waals surface area contributed by atoms with E-state index in [4.69, 9.17) is 4.74 Å². The number of carboxylic acid groups (broad SMARTS) is 1. The van der Waals surface area contributed by atoms with Gasteiger partial charge in [0.25, 0.3) is 0 Å². The molecule has 2 N–H and O–H groups in total. The lowest BCUT2D eigenvalue weighted by molar-refractivity contribution is -0.149. The molecule has 2 aliphatic rings. The van der Waals surface area contributed by atoms with Crippen molar-refractivity contribution in [2.45, 2.75) is 58.5 Å². The van der Waals surface area contributed by atoms with Gasteiger partial charge in [-0.3, -0.25) is 9.59 Å². The first kappa shape index (κ1) is 24.8. The van der Waals surface area contributed by atoms with E-state index in [1.165, 1.54) is 0 Å². The number of aliphatic carboxylic acids is 1. The second kappa shape index (κ2) is 9.72. The summed E-state index contributed by atoms with van der Waals surface area (Å²) in [6.07, 6.45) is 0.184. The van der Waals surface area contributed by atoms with E-state index in [0.717, 1.165) is 22.3 Å². The molecule has 2 unspecified atom stereocenters. The Hall–Kier alpha value is -3.35. The van der Waals surface area contributed by atoms with Crippen LogP contribution in [-0.2, 0) is 14.3 Å². The molecule has 1 fully saturated rings. The zero-order chi connectivity index (χ0) is 25.3. The number of rotatable bonds is 5. The van der Waals surface area contributed by atoms with Gasteiger partial charge in [-0.15, -0.1) is 0 Å². The first-order valence-corrected chi connectivity index (χ1v) is 12.2. The number of nitrogens with one attached hydrogen (secondary N) is 1. The number of carboxylic acids is 1. The number of ether oxygens (including phenoxy) is 1. The molecule has 0 bridgehead atoms. The Kier molecular flexibility index (Phi) is 6.88. The van der Waals surface area contributed by atoms with Crippen molar-refractivity contribution in [3.05, 3.63) is 59.7 Å². The van der Waals surface area contributed by atoms with Crippen LogP contribution < -0.4 is 5.32 Å². The Morgan fingerprint density at radius 3 is 2.14 bits per heavy atom. The van der Waals surface area contributed by atoms with Gasteiger partial charge >= 0.3 is 12.1 Å². The smallest absolute Gasteiger partial charge is 0.407 e. The number of alkyl carbamates (subject to hydrolysis) is 1. The zero-order valence-electron chi connectivity index (χ0n) is 20.8. The van der Waals surface area contributed by atoms with E-state index in [2.05, 4.69) is 29.6 Å². The van der Waals surface area contributed by atoms with Crippen LogP contribution >= 0.6 is 0 Å². The van der Waals surface area contributed by atoms with Crippen molar-refractivity contribution in [3.63, 3.8) is 0 Å². The zero-order valence-corrected chi connectivity index (χ0v) is 20.8. The number of carbonyl (C=O) groups is 3. The third-order valence-electron chi connectivity index (χ3n) is 7.23. The summed E-state index contributed by atoms with van der Waals surface area (Å²) >= 11 is 0. The minimum atomic E-state index is -0.826. The molecule has 1 aliphatic carbocycles. The molecule has 2 amide bonds. The standard InChI is InChI=1S/C28H34N2O5/c1-17-15-18(26(32)33)13-14-30(17)25(31)24(28(2,3)4)29-27(34)35-16-23-21-11-7-5-9-19(21)20-10-6-8-12-22(20)23/h5-12,17-18,23-24H,13-16H2,1-4H3,(H,29,34)(H,32,33)/t17?,18?,24-/m1/s1. The van der Waals surface area contributed by atoms with Crippen LogP contribution in [0.15, 0.2) is 48.5 Å². The number of hydrogen-bond donors (Lipinski definition) is 2. The highest BCUT2D eigenvalue weighted by molar-refractivity contribution is 5.87.